The lowest BCUT2D eigenvalue weighted by Crippen LogP contribution is -2.17. The zero-order chi connectivity index (χ0) is 22.1. The van der Waals surface area contributed by atoms with Crippen LogP contribution in [0.1, 0.15) is 0 Å². The van der Waals surface area contributed by atoms with Crippen LogP contribution in [0.3, 0.4) is 0 Å². The van der Waals surface area contributed by atoms with E-state index < -0.39 is 10.0 Å². The molecule has 2 N–H and O–H groups in total. The number of hydrogen-bond acceptors (Lipinski definition) is 6. The van der Waals surface area contributed by atoms with Gasteiger partial charge in [-0.05, 0) is 48.5 Å². The molecule has 2 heterocycles. The molecule has 0 aliphatic heterocycles. The average Bonchev–Trinajstić information content (AvgIpc) is 2.80. The molecule has 0 unspecified atom stereocenters. The maximum absolute atomic E-state index is 13.0. The van der Waals surface area contributed by atoms with Crippen LogP contribution in [0.15, 0.2) is 90.0 Å². The maximum atomic E-state index is 13.0. The first-order valence-electron chi connectivity index (χ1n) is 9.75. The first-order chi connectivity index (χ1) is 15.5. The van der Waals surface area contributed by atoms with Crippen LogP contribution in [0.2, 0.25) is 0 Å². The number of anilines is 3. The molecule has 7 nitrogen and oxygen atoms in total. The van der Waals surface area contributed by atoms with Crippen LogP contribution in [0.4, 0.5) is 17.3 Å². The fraction of sp³-hybridized carbons (Fsp3) is 0. The van der Waals surface area contributed by atoms with Gasteiger partial charge in [0, 0.05) is 17.3 Å². The Hall–Kier alpha value is -3.98. The van der Waals surface area contributed by atoms with Crippen molar-refractivity contribution in [3.05, 3.63) is 85.1 Å². The summed E-state index contributed by atoms with van der Waals surface area (Å²) in [6.45, 7) is 0. The monoisotopic (exact) mass is 437 g/mol. The molecule has 5 rings (SSSR count). The van der Waals surface area contributed by atoms with Crippen molar-refractivity contribution in [2.45, 2.75) is 4.90 Å². The van der Waals surface area contributed by atoms with Gasteiger partial charge in [0.05, 0.1) is 21.4 Å². The van der Waals surface area contributed by atoms with E-state index in [9.17, 15) is 8.42 Å². The number of rotatable bonds is 5. The van der Waals surface area contributed by atoms with Crippen LogP contribution in [0.25, 0.3) is 21.9 Å². The number of nitrogens with one attached hydrogen (secondary N) is 2. The summed E-state index contributed by atoms with van der Waals surface area (Å²) in [6.07, 6.45) is 1.72. The summed E-state index contributed by atoms with van der Waals surface area (Å²) in [5, 5.41) is 4.10. The van der Waals surface area contributed by atoms with Gasteiger partial charge in [0.2, 0.25) is 0 Å². The first kappa shape index (κ1) is 20.0. The minimum Gasteiger partial charge on any atom is -0.337 e. The summed E-state index contributed by atoms with van der Waals surface area (Å²) >= 11 is 0. The van der Waals surface area contributed by atoms with Crippen LogP contribution in [0.5, 0.6) is 0 Å². The number of fused-ring (bicyclic) bond motifs is 2. The first-order valence-corrected chi connectivity index (χ1v) is 11.2. The van der Waals surface area contributed by atoms with Gasteiger partial charge in [0.25, 0.3) is 10.0 Å². The van der Waals surface area contributed by atoms with Crippen molar-refractivity contribution in [3.63, 3.8) is 0 Å². The second-order valence-electron chi connectivity index (χ2n) is 7.08. The Kier molecular flexibility index (Phi) is 4.95. The molecule has 0 saturated carbocycles. The number of para-hydroxylation sites is 2. The largest absolute Gasteiger partial charge is 0.337 e. The zero-order valence-corrected chi connectivity index (χ0v) is 17.5. The van der Waals surface area contributed by atoms with Gasteiger partial charge in [-0.25, -0.2) is 18.4 Å². The molecule has 2 aromatic heterocycles. The van der Waals surface area contributed by atoms with Gasteiger partial charge >= 0.3 is 0 Å². The summed E-state index contributed by atoms with van der Waals surface area (Å²) in [6, 6.07) is 22.6. The molecular weight excluding hydrogens is 421 g/mol. The van der Waals surface area contributed by atoms with E-state index >= 15 is 0 Å². The minimum absolute atomic E-state index is 0.0713. The summed E-state index contributed by atoms with van der Waals surface area (Å²) in [5.74, 6) is 0.362. The Balaban J connectivity index is 1.61. The smallest absolute Gasteiger partial charge is 0.263 e. The highest BCUT2D eigenvalue weighted by molar-refractivity contribution is 7.92. The SMILES string of the molecule is [B]c1ccc(S(=O)(=O)Nc2nc3ccccc3nc2Nc2cccc3ncccc23)cc1. The number of hydrogen-bond donors (Lipinski definition) is 2. The van der Waals surface area contributed by atoms with Crippen molar-refractivity contribution in [1.29, 1.82) is 0 Å². The van der Waals surface area contributed by atoms with Crippen molar-refractivity contribution in [2.24, 2.45) is 0 Å². The van der Waals surface area contributed by atoms with Crippen molar-refractivity contribution in [1.82, 2.24) is 15.0 Å². The summed E-state index contributed by atoms with van der Waals surface area (Å²) in [5.41, 5.74) is 3.20. The van der Waals surface area contributed by atoms with E-state index in [1.807, 2.05) is 48.5 Å². The van der Waals surface area contributed by atoms with E-state index in [1.165, 1.54) is 24.3 Å². The van der Waals surface area contributed by atoms with E-state index in [0.717, 1.165) is 16.6 Å². The fourth-order valence-electron chi connectivity index (χ4n) is 3.33. The lowest BCUT2D eigenvalue weighted by Gasteiger charge is -2.15. The van der Waals surface area contributed by atoms with Crippen LogP contribution >= 0.6 is 0 Å². The Bertz CT molecular complexity index is 1550. The Morgan fingerprint density at radius 1 is 0.719 bits per heavy atom. The maximum Gasteiger partial charge on any atom is 0.263 e. The second-order valence-corrected chi connectivity index (χ2v) is 8.77. The van der Waals surface area contributed by atoms with Gasteiger partial charge in [-0.2, -0.15) is 0 Å². The number of aromatic nitrogens is 3. The quantitative estimate of drug-likeness (QED) is 0.409. The predicted molar refractivity (Wildman–Crippen MR) is 127 cm³/mol. The number of benzene rings is 3. The van der Waals surface area contributed by atoms with Gasteiger partial charge in [-0.3, -0.25) is 9.71 Å². The molecule has 9 heteroatoms. The second kappa shape index (κ2) is 7.94. The van der Waals surface area contributed by atoms with E-state index in [1.54, 1.807) is 12.3 Å². The lowest BCUT2D eigenvalue weighted by molar-refractivity contribution is 0.601. The Morgan fingerprint density at radius 3 is 2.16 bits per heavy atom. The van der Waals surface area contributed by atoms with E-state index in [4.69, 9.17) is 7.85 Å². The number of pyridine rings is 1. The van der Waals surface area contributed by atoms with E-state index in [-0.39, 0.29) is 16.5 Å². The van der Waals surface area contributed by atoms with E-state index in [2.05, 4.69) is 25.0 Å². The van der Waals surface area contributed by atoms with Crippen molar-refractivity contribution in [3.8, 4) is 0 Å². The third kappa shape index (κ3) is 3.85. The van der Waals surface area contributed by atoms with Crippen LogP contribution < -0.4 is 15.5 Å². The summed E-state index contributed by atoms with van der Waals surface area (Å²) < 4.78 is 28.6. The third-order valence-electron chi connectivity index (χ3n) is 4.89. The fourth-order valence-corrected chi connectivity index (χ4v) is 4.34. The molecule has 3 aromatic carbocycles. The van der Waals surface area contributed by atoms with Gasteiger partial charge < -0.3 is 5.32 Å². The summed E-state index contributed by atoms with van der Waals surface area (Å²) in [7, 11) is 1.77. The molecule has 32 heavy (non-hydrogen) atoms. The van der Waals surface area contributed by atoms with Gasteiger partial charge in [0.1, 0.15) is 7.85 Å². The van der Waals surface area contributed by atoms with Crippen molar-refractivity contribution < 1.29 is 8.42 Å². The molecular formula is C23H16BN5O2S. The topological polar surface area (TPSA) is 96.9 Å². The van der Waals surface area contributed by atoms with Crippen molar-refractivity contribution in [2.75, 3.05) is 10.0 Å². The molecule has 0 fully saturated rings. The Morgan fingerprint density at radius 2 is 1.41 bits per heavy atom. The minimum atomic E-state index is -3.92. The van der Waals surface area contributed by atoms with Gasteiger partial charge in [-0.15, -0.1) is 0 Å². The van der Waals surface area contributed by atoms with Gasteiger partial charge in [0.15, 0.2) is 11.6 Å². The molecule has 154 valence electrons. The normalized spacial score (nSPS) is 11.5. The lowest BCUT2D eigenvalue weighted by atomic mass is 9.97. The van der Waals surface area contributed by atoms with Crippen LogP contribution in [0, 0.1) is 0 Å². The van der Waals surface area contributed by atoms with Gasteiger partial charge in [-0.1, -0.05) is 35.8 Å². The predicted octanol–water partition coefficient (Wildman–Crippen LogP) is 3.52. The number of nitrogens with zero attached hydrogens (tertiary/aromatic N) is 3. The van der Waals surface area contributed by atoms with Crippen LogP contribution in [-0.2, 0) is 10.0 Å². The molecule has 0 aliphatic rings. The highest BCUT2D eigenvalue weighted by atomic mass is 32.2. The third-order valence-corrected chi connectivity index (χ3v) is 6.25. The molecule has 5 aromatic rings. The summed E-state index contributed by atoms with van der Waals surface area (Å²) in [4.78, 5) is 13.6. The highest BCUT2D eigenvalue weighted by Crippen LogP contribution is 2.30. The molecule has 0 bridgehead atoms. The molecule has 0 atom stereocenters. The molecule has 0 aliphatic carbocycles. The van der Waals surface area contributed by atoms with Crippen LogP contribution in [-0.4, -0.2) is 31.2 Å². The molecule has 0 saturated heterocycles. The average molecular weight is 437 g/mol. The molecule has 0 spiro atoms. The Labute approximate surface area is 186 Å². The standard InChI is InChI=1S/C23H16BN5O2S/c24-15-10-12-16(13-11-15)32(30,31)29-23-22(27-20-6-1-2-7-21(20)28-23)26-19-9-3-8-18-17(19)5-4-14-25-18/h1-14H,(H,26,27)(H,28,29). The van der Waals surface area contributed by atoms with Crippen molar-refractivity contribution >= 4 is 62.6 Å². The molecule has 2 radical (unpaired) electrons. The molecule has 0 amide bonds. The highest BCUT2D eigenvalue weighted by Gasteiger charge is 2.19. The number of sulfonamides is 1. The van der Waals surface area contributed by atoms with E-state index in [0.29, 0.717) is 16.5 Å². The zero-order valence-electron chi connectivity index (χ0n) is 16.7.